The molecule has 0 fully saturated rings. The van der Waals surface area contributed by atoms with Crippen LogP contribution in [0.15, 0.2) is 48.5 Å². The Hall–Kier alpha value is -2.33. The van der Waals surface area contributed by atoms with Crippen LogP contribution < -0.4 is 10.6 Å². The molecule has 0 heterocycles. The minimum Gasteiger partial charge on any atom is -0.326 e. The Bertz CT molecular complexity index is 741. The van der Waals surface area contributed by atoms with E-state index in [4.69, 9.17) is 11.6 Å². The molecule has 2 aromatic carbocycles. The molecule has 120 valence electrons. The van der Waals surface area contributed by atoms with Crippen LogP contribution in [0, 0.1) is 0 Å². The molecule has 23 heavy (non-hydrogen) atoms. The number of hydrogen-bond acceptors (Lipinski definition) is 2. The largest absolute Gasteiger partial charge is 0.326 e. The normalized spacial score (nSPS) is 11.0. The molecule has 0 radical (unpaired) electrons. The Kier molecular flexibility index (Phi) is 5.06. The second kappa shape index (κ2) is 6.84. The molecule has 0 bridgehead atoms. The molecule has 2 rings (SSSR count). The minimum absolute atomic E-state index is 0.153. The van der Waals surface area contributed by atoms with Crippen molar-refractivity contribution in [2.45, 2.75) is 26.2 Å². The van der Waals surface area contributed by atoms with Gasteiger partial charge in [-0.2, -0.15) is 0 Å². The monoisotopic (exact) mass is 330 g/mol. The summed E-state index contributed by atoms with van der Waals surface area (Å²) in [6.45, 7) is 5.12. The molecular weight excluding hydrogens is 312 g/mol. The lowest BCUT2D eigenvalue weighted by Gasteiger charge is -2.24. The highest BCUT2D eigenvalue weighted by molar-refractivity contribution is 6.30. The summed E-state index contributed by atoms with van der Waals surface area (Å²) in [5.41, 5.74) is 1.35. The van der Waals surface area contributed by atoms with Crippen LogP contribution in [0.5, 0.6) is 0 Å². The van der Waals surface area contributed by atoms with E-state index in [0.29, 0.717) is 16.4 Å². The number of rotatable bonds is 4. The van der Waals surface area contributed by atoms with Crippen LogP contribution in [0.4, 0.5) is 11.4 Å². The van der Waals surface area contributed by atoms with Crippen molar-refractivity contribution in [3.05, 3.63) is 59.1 Å². The average molecular weight is 331 g/mol. The third-order valence-electron chi connectivity index (χ3n) is 3.55. The summed E-state index contributed by atoms with van der Waals surface area (Å²) >= 11 is 6.01. The number of carbonyl (C=O) groups excluding carboxylic acids is 2. The molecule has 2 N–H and O–H groups in total. The van der Waals surface area contributed by atoms with E-state index >= 15 is 0 Å². The van der Waals surface area contributed by atoms with E-state index in [2.05, 4.69) is 10.6 Å². The summed E-state index contributed by atoms with van der Waals surface area (Å²) in [7, 11) is 0. The molecule has 0 spiro atoms. The summed E-state index contributed by atoms with van der Waals surface area (Å²) in [6.07, 6.45) is 0. The highest BCUT2D eigenvalue weighted by atomic mass is 35.5. The maximum atomic E-state index is 12.6. The van der Waals surface area contributed by atoms with Gasteiger partial charge >= 0.3 is 0 Å². The van der Waals surface area contributed by atoms with Gasteiger partial charge in [0.1, 0.15) is 0 Å². The van der Waals surface area contributed by atoms with Crippen LogP contribution >= 0.6 is 11.6 Å². The van der Waals surface area contributed by atoms with E-state index in [-0.39, 0.29) is 11.8 Å². The van der Waals surface area contributed by atoms with Gasteiger partial charge in [0.15, 0.2) is 0 Å². The zero-order valence-corrected chi connectivity index (χ0v) is 14.1. The van der Waals surface area contributed by atoms with Gasteiger partial charge in [-0.15, -0.1) is 0 Å². The standard InChI is InChI=1S/C18H19ClN2O2/c1-12(22)20-15-8-5-9-16(11-15)21-17(23)18(2,3)13-6-4-7-14(19)10-13/h4-11H,1-3H3,(H,20,22)(H,21,23). The van der Waals surface area contributed by atoms with Gasteiger partial charge in [0.05, 0.1) is 5.41 Å². The second-order valence-corrected chi connectivity index (χ2v) is 6.29. The Morgan fingerprint density at radius 1 is 0.957 bits per heavy atom. The van der Waals surface area contributed by atoms with Crippen molar-refractivity contribution >= 4 is 34.8 Å². The number of anilines is 2. The number of amides is 2. The van der Waals surface area contributed by atoms with Gasteiger partial charge in [0, 0.05) is 23.3 Å². The molecule has 0 aliphatic carbocycles. The molecule has 4 nitrogen and oxygen atoms in total. The van der Waals surface area contributed by atoms with Gasteiger partial charge in [-0.1, -0.05) is 29.8 Å². The van der Waals surface area contributed by atoms with Gasteiger partial charge in [-0.25, -0.2) is 0 Å². The van der Waals surface area contributed by atoms with Crippen LogP contribution in [-0.4, -0.2) is 11.8 Å². The minimum atomic E-state index is -0.741. The fraction of sp³-hybridized carbons (Fsp3) is 0.222. The maximum absolute atomic E-state index is 12.6. The van der Waals surface area contributed by atoms with Crippen LogP contribution in [0.2, 0.25) is 5.02 Å². The highest BCUT2D eigenvalue weighted by Gasteiger charge is 2.30. The lowest BCUT2D eigenvalue weighted by molar-refractivity contribution is -0.120. The van der Waals surface area contributed by atoms with Gasteiger partial charge in [-0.05, 0) is 49.7 Å². The molecule has 0 aliphatic heterocycles. The van der Waals surface area contributed by atoms with Crippen molar-refractivity contribution in [3.63, 3.8) is 0 Å². The zero-order chi connectivity index (χ0) is 17.0. The number of halogens is 1. The van der Waals surface area contributed by atoms with Crippen LogP contribution in [0.1, 0.15) is 26.3 Å². The van der Waals surface area contributed by atoms with Crippen molar-refractivity contribution in [3.8, 4) is 0 Å². The Morgan fingerprint density at radius 3 is 2.17 bits per heavy atom. The van der Waals surface area contributed by atoms with Gasteiger partial charge in [0.25, 0.3) is 0 Å². The van der Waals surface area contributed by atoms with E-state index in [0.717, 1.165) is 5.56 Å². The molecule has 2 aromatic rings. The molecule has 2 amide bonds. The zero-order valence-electron chi connectivity index (χ0n) is 13.3. The Labute approximate surface area is 140 Å². The third kappa shape index (κ3) is 4.33. The van der Waals surface area contributed by atoms with E-state index in [1.807, 2.05) is 26.0 Å². The Morgan fingerprint density at radius 2 is 1.57 bits per heavy atom. The van der Waals surface area contributed by atoms with Gasteiger partial charge < -0.3 is 10.6 Å². The number of carbonyl (C=O) groups is 2. The summed E-state index contributed by atoms with van der Waals surface area (Å²) < 4.78 is 0. The van der Waals surface area contributed by atoms with Crippen molar-refractivity contribution in [1.29, 1.82) is 0 Å². The van der Waals surface area contributed by atoms with E-state index < -0.39 is 5.41 Å². The summed E-state index contributed by atoms with van der Waals surface area (Å²) in [5.74, 6) is -0.313. The highest BCUT2D eigenvalue weighted by Crippen LogP contribution is 2.27. The first-order valence-corrected chi connectivity index (χ1v) is 7.62. The molecule has 0 saturated carbocycles. The fourth-order valence-electron chi connectivity index (χ4n) is 2.17. The molecule has 0 aromatic heterocycles. The quantitative estimate of drug-likeness (QED) is 0.882. The molecular formula is C18H19ClN2O2. The number of benzene rings is 2. The predicted octanol–water partition coefficient (Wildman–Crippen LogP) is 4.21. The first-order chi connectivity index (χ1) is 10.8. The van der Waals surface area contributed by atoms with Crippen molar-refractivity contribution < 1.29 is 9.59 Å². The Balaban J connectivity index is 2.19. The summed E-state index contributed by atoms with van der Waals surface area (Å²) in [6, 6.07) is 14.3. The lowest BCUT2D eigenvalue weighted by atomic mass is 9.83. The maximum Gasteiger partial charge on any atom is 0.234 e. The smallest absolute Gasteiger partial charge is 0.234 e. The summed E-state index contributed by atoms with van der Waals surface area (Å²) in [4.78, 5) is 23.7. The first kappa shape index (κ1) is 17.0. The van der Waals surface area contributed by atoms with E-state index in [1.54, 1.807) is 36.4 Å². The predicted molar refractivity (Wildman–Crippen MR) is 93.9 cm³/mol. The van der Waals surface area contributed by atoms with E-state index in [1.165, 1.54) is 6.92 Å². The molecule has 0 unspecified atom stereocenters. The van der Waals surface area contributed by atoms with Gasteiger partial charge in [0.2, 0.25) is 11.8 Å². The SMILES string of the molecule is CC(=O)Nc1cccc(NC(=O)C(C)(C)c2cccc(Cl)c2)c1. The van der Waals surface area contributed by atoms with Gasteiger partial charge in [-0.3, -0.25) is 9.59 Å². The molecule has 0 atom stereocenters. The van der Waals surface area contributed by atoms with Crippen molar-refractivity contribution in [1.82, 2.24) is 0 Å². The number of hydrogen-bond donors (Lipinski definition) is 2. The van der Waals surface area contributed by atoms with Crippen LogP contribution in [-0.2, 0) is 15.0 Å². The van der Waals surface area contributed by atoms with Crippen LogP contribution in [0.25, 0.3) is 0 Å². The summed E-state index contributed by atoms with van der Waals surface area (Å²) in [5, 5.41) is 6.16. The van der Waals surface area contributed by atoms with Crippen molar-refractivity contribution in [2.75, 3.05) is 10.6 Å². The third-order valence-corrected chi connectivity index (χ3v) is 3.79. The van der Waals surface area contributed by atoms with E-state index in [9.17, 15) is 9.59 Å². The fourth-order valence-corrected chi connectivity index (χ4v) is 2.36. The first-order valence-electron chi connectivity index (χ1n) is 7.24. The molecule has 5 heteroatoms. The average Bonchev–Trinajstić information content (AvgIpc) is 2.46. The molecule has 0 saturated heterocycles. The van der Waals surface area contributed by atoms with Crippen molar-refractivity contribution in [2.24, 2.45) is 0 Å². The topological polar surface area (TPSA) is 58.2 Å². The lowest BCUT2D eigenvalue weighted by Crippen LogP contribution is -2.34. The second-order valence-electron chi connectivity index (χ2n) is 5.85. The van der Waals surface area contributed by atoms with Crippen LogP contribution in [0.3, 0.4) is 0 Å². The molecule has 0 aliphatic rings. The number of nitrogens with one attached hydrogen (secondary N) is 2.